The number of nitrogens with two attached hydrogens (primary N) is 1. The Morgan fingerprint density at radius 1 is 1.44 bits per heavy atom. The van der Waals surface area contributed by atoms with E-state index >= 15 is 0 Å². The minimum absolute atomic E-state index is 0.131. The molecule has 0 amide bonds. The molecule has 0 unspecified atom stereocenters. The summed E-state index contributed by atoms with van der Waals surface area (Å²) in [5, 5.41) is 10.9. The van der Waals surface area contributed by atoms with E-state index in [1.807, 2.05) is 0 Å². The highest BCUT2D eigenvalue weighted by molar-refractivity contribution is 5.61. The maximum absolute atomic E-state index is 10.9. The van der Waals surface area contributed by atoms with E-state index in [2.05, 4.69) is 20.4 Å². The molecule has 0 saturated carbocycles. The molecule has 92 valence electrons. The number of hydrogen-bond acceptors (Lipinski definition) is 8. The van der Waals surface area contributed by atoms with Gasteiger partial charge in [-0.1, -0.05) is 0 Å². The summed E-state index contributed by atoms with van der Waals surface area (Å²) in [6.45, 7) is 0. The predicted molar refractivity (Wildman–Crippen MR) is 60.8 cm³/mol. The van der Waals surface area contributed by atoms with Gasteiger partial charge in [-0.2, -0.15) is 4.98 Å². The summed E-state index contributed by atoms with van der Waals surface area (Å²) < 4.78 is 5.26. The molecule has 0 spiro atoms. The molecular weight excluding hydrogens is 240 g/mol. The SMILES string of the molecule is NNc1ncnc(Oc2cccnc2)c1[N+](=O)[O-]. The standard InChI is InChI=1S/C9H8N6O3/c10-14-8-7(15(16)17)9(13-5-12-8)18-6-2-1-3-11-4-6/h1-5H,10H2,(H,12,13,14). The van der Waals surface area contributed by atoms with Crippen molar-refractivity contribution >= 4 is 11.5 Å². The number of rotatable bonds is 4. The van der Waals surface area contributed by atoms with Gasteiger partial charge in [0.1, 0.15) is 12.1 Å². The van der Waals surface area contributed by atoms with Crippen molar-refractivity contribution in [3.63, 3.8) is 0 Å². The zero-order chi connectivity index (χ0) is 13.0. The van der Waals surface area contributed by atoms with Gasteiger partial charge in [-0.05, 0) is 12.1 Å². The first kappa shape index (κ1) is 11.7. The van der Waals surface area contributed by atoms with E-state index in [0.717, 1.165) is 6.33 Å². The van der Waals surface area contributed by atoms with Crippen LogP contribution in [0.3, 0.4) is 0 Å². The molecule has 0 bridgehead atoms. The number of pyridine rings is 1. The van der Waals surface area contributed by atoms with Crippen LogP contribution < -0.4 is 16.0 Å². The van der Waals surface area contributed by atoms with E-state index in [1.165, 1.54) is 6.20 Å². The lowest BCUT2D eigenvalue weighted by Crippen LogP contribution is -2.12. The second-order valence-electron chi connectivity index (χ2n) is 3.07. The second-order valence-corrected chi connectivity index (χ2v) is 3.07. The Balaban J connectivity index is 2.42. The smallest absolute Gasteiger partial charge is 0.374 e. The van der Waals surface area contributed by atoms with Crippen LogP contribution in [0.25, 0.3) is 0 Å². The van der Waals surface area contributed by atoms with Crippen molar-refractivity contribution < 1.29 is 9.66 Å². The molecule has 0 saturated heterocycles. The number of hydrazine groups is 1. The van der Waals surface area contributed by atoms with E-state index in [0.29, 0.717) is 5.75 Å². The quantitative estimate of drug-likeness (QED) is 0.463. The zero-order valence-corrected chi connectivity index (χ0v) is 8.98. The summed E-state index contributed by atoms with van der Waals surface area (Å²) in [4.78, 5) is 21.4. The van der Waals surface area contributed by atoms with Gasteiger partial charge in [0.05, 0.1) is 11.1 Å². The van der Waals surface area contributed by atoms with Crippen molar-refractivity contribution in [3.8, 4) is 11.6 Å². The van der Waals surface area contributed by atoms with Gasteiger partial charge in [0, 0.05) is 6.20 Å². The molecule has 0 fully saturated rings. The Morgan fingerprint density at radius 3 is 2.89 bits per heavy atom. The van der Waals surface area contributed by atoms with Crippen molar-refractivity contribution in [2.45, 2.75) is 0 Å². The van der Waals surface area contributed by atoms with Gasteiger partial charge in [-0.3, -0.25) is 15.1 Å². The van der Waals surface area contributed by atoms with Crippen LogP contribution in [-0.2, 0) is 0 Å². The summed E-state index contributed by atoms with van der Waals surface area (Å²) in [5.74, 6) is 5.12. The van der Waals surface area contributed by atoms with E-state index in [4.69, 9.17) is 10.6 Å². The molecule has 9 heteroatoms. The summed E-state index contributed by atoms with van der Waals surface area (Å²) in [7, 11) is 0. The summed E-state index contributed by atoms with van der Waals surface area (Å²) in [6, 6.07) is 3.22. The lowest BCUT2D eigenvalue weighted by Gasteiger charge is -2.06. The van der Waals surface area contributed by atoms with Crippen LogP contribution in [0.1, 0.15) is 0 Å². The van der Waals surface area contributed by atoms with Gasteiger partial charge in [0.15, 0.2) is 0 Å². The Kier molecular flexibility index (Phi) is 3.25. The minimum atomic E-state index is -0.680. The summed E-state index contributed by atoms with van der Waals surface area (Å²) in [5.41, 5.74) is 1.67. The second kappa shape index (κ2) is 5.01. The maximum atomic E-state index is 10.9. The molecule has 3 N–H and O–H groups in total. The van der Waals surface area contributed by atoms with Crippen molar-refractivity contribution in [1.29, 1.82) is 0 Å². The fourth-order valence-electron chi connectivity index (χ4n) is 1.23. The summed E-state index contributed by atoms with van der Waals surface area (Å²) in [6.07, 6.45) is 4.06. The Labute approximate surface area is 101 Å². The highest BCUT2D eigenvalue weighted by Gasteiger charge is 2.24. The van der Waals surface area contributed by atoms with E-state index in [9.17, 15) is 10.1 Å². The molecular formula is C9H8N6O3. The van der Waals surface area contributed by atoms with Gasteiger partial charge in [-0.15, -0.1) is 0 Å². The van der Waals surface area contributed by atoms with Crippen LogP contribution in [0.2, 0.25) is 0 Å². The molecule has 0 atom stereocenters. The molecule has 0 aliphatic heterocycles. The van der Waals surface area contributed by atoms with Crippen LogP contribution in [0, 0.1) is 10.1 Å². The van der Waals surface area contributed by atoms with Gasteiger partial charge >= 0.3 is 11.6 Å². The zero-order valence-electron chi connectivity index (χ0n) is 8.98. The molecule has 2 aromatic rings. The van der Waals surface area contributed by atoms with E-state index < -0.39 is 10.6 Å². The Morgan fingerprint density at radius 2 is 2.28 bits per heavy atom. The number of nitrogen functional groups attached to an aromatic ring is 1. The van der Waals surface area contributed by atoms with Gasteiger partial charge in [-0.25, -0.2) is 10.8 Å². The van der Waals surface area contributed by atoms with Crippen LogP contribution in [0.15, 0.2) is 30.9 Å². The average molecular weight is 248 g/mol. The van der Waals surface area contributed by atoms with Crippen molar-refractivity contribution in [3.05, 3.63) is 41.0 Å². The van der Waals surface area contributed by atoms with Crippen molar-refractivity contribution in [1.82, 2.24) is 15.0 Å². The van der Waals surface area contributed by atoms with Crippen LogP contribution >= 0.6 is 0 Å². The molecule has 9 nitrogen and oxygen atoms in total. The molecule has 2 heterocycles. The molecule has 0 aliphatic carbocycles. The monoisotopic (exact) mass is 248 g/mol. The molecule has 0 aromatic carbocycles. The number of nitro groups is 1. The lowest BCUT2D eigenvalue weighted by atomic mass is 10.4. The van der Waals surface area contributed by atoms with Crippen LogP contribution in [-0.4, -0.2) is 19.9 Å². The van der Waals surface area contributed by atoms with E-state index in [-0.39, 0.29) is 11.7 Å². The van der Waals surface area contributed by atoms with Crippen LogP contribution in [0.5, 0.6) is 11.6 Å². The van der Waals surface area contributed by atoms with Gasteiger partial charge in [0.2, 0.25) is 5.82 Å². The van der Waals surface area contributed by atoms with Gasteiger partial charge in [0.25, 0.3) is 0 Å². The first-order valence-electron chi connectivity index (χ1n) is 4.76. The molecule has 0 radical (unpaired) electrons. The fourth-order valence-corrected chi connectivity index (χ4v) is 1.23. The molecule has 18 heavy (non-hydrogen) atoms. The number of nitrogens with zero attached hydrogens (tertiary/aromatic N) is 4. The number of nitrogens with one attached hydrogen (secondary N) is 1. The van der Waals surface area contributed by atoms with Gasteiger partial charge < -0.3 is 10.2 Å². The lowest BCUT2D eigenvalue weighted by molar-refractivity contribution is -0.385. The molecule has 2 aromatic heterocycles. The van der Waals surface area contributed by atoms with Crippen molar-refractivity contribution in [2.75, 3.05) is 5.43 Å². The fraction of sp³-hybridized carbons (Fsp3) is 0. The normalized spacial score (nSPS) is 9.83. The summed E-state index contributed by atoms with van der Waals surface area (Å²) >= 11 is 0. The predicted octanol–water partition coefficient (Wildman–Crippen LogP) is 0.858. The highest BCUT2D eigenvalue weighted by Crippen LogP contribution is 2.32. The largest absolute Gasteiger partial charge is 0.432 e. The molecule has 2 rings (SSSR count). The molecule has 0 aliphatic rings. The minimum Gasteiger partial charge on any atom is -0.432 e. The van der Waals surface area contributed by atoms with Crippen LogP contribution in [0.4, 0.5) is 11.5 Å². The number of ether oxygens (including phenoxy) is 1. The average Bonchev–Trinajstić information content (AvgIpc) is 2.39. The van der Waals surface area contributed by atoms with E-state index in [1.54, 1.807) is 18.3 Å². The maximum Gasteiger partial charge on any atom is 0.374 e. The third kappa shape index (κ3) is 2.30. The number of aromatic nitrogens is 3. The number of hydrogen-bond donors (Lipinski definition) is 2. The highest BCUT2D eigenvalue weighted by atomic mass is 16.6. The first-order chi connectivity index (χ1) is 8.72. The Bertz CT molecular complexity index is 561. The third-order valence-corrected chi connectivity index (χ3v) is 1.96. The first-order valence-corrected chi connectivity index (χ1v) is 4.76. The van der Waals surface area contributed by atoms with Crippen molar-refractivity contribution in [2.24, 2.45) is 5.84 Å². The topological polar surface area (TPSA) is 129 Å². The third-order valence-electron chi connectivity index (χ3n) is 1.96. The Hall–Kier alpha value is -2.81. The number of anilines is 1.